The highest BCUT2D eigenvalue weighted by Crippen LogP contribution is 2.25. The Morgan fingerprint density at radius 1 is 1.25 bits per heavy atom. The number of carbonyl (C=O) groups excluding carboxylic acids is 1. The molecule has 0 aliphatic carbocycles. The maximum Gasteiger partial charge on any atom is 0.263 e. The van der Waals surface area contributed by atoms with Gasteiger partial charge in [-0.05, 0) is 37.3 Å². The zero-order valence-corrected chi connectivity index (χ0v) is 16.7. The second kappa shape index (κ2) is 8.04. The Morgan fingerprint density at radius 3 is 2.82 bits per heavy atom. The number of thioether (sulfide) groups is 1. The predicted octanol–water partition coefficient (Wildman–Crippen LogP) is 4.14. The van der Waals surface area contributed by atoms with Gasteiger partial charge >= 0.3 is 0 Å². The van der Waals surface area contributed by atoms with Gasteiger partial charge in [-0.1, -0.05) is 30.0 Å². The molecule has 8 heteroatoms. The lowest BCUT2D eigenvalue weighted by atomic mass is 10.3. The van der Waals surface area contributed by atoms with Crippen molar-refractivity contribution in [1.29, 1.82) is 0 Å². The maximum absolute atomic E-state index is 13.0. The normalized spacial score (nSPS) is 11.0. The van der Waals surface area contributed by atoms with Gasteiger partial charge in [0.25, 0.3) is 5.56 Å². The van der Waals surface area contributed by atoms with Crippen molar-refractivity contribution in [2.24, 2.45) is 0 Å². The molecule has 0 aliphatic heterocycles. The summed E-state index contributed by atoms with van der Waals surface area (Å²) in [7, 11) is 0. The molecule has 4 aromatic rings. The molecule has 6 nitrogen and oxygen atoms in total. The number of furan rings is 1. The van der Waals surface area contributed by atoms with Crippen molar-refractivity contribution in [3.05, 3.63) is 75.8 Å². The van der Waals surface area contributed by atoms with Crippen LogP contribution in [0.1, 0.15) is 10.6 Å². The summed E-state index contributed by atoms with van der Waals surface area (Å²) >= 11 is 2.71. The first-order valence-corrected chi connectivity index (χ1v) is 10.4. The fourth-order valence-corrected chi connectivity index (χ4v) is 4.49. The third-order valence-electron chi connectivity index (χ3n) is 4.02. The van der Waals surface area contributed by atoms with Crippen LogP contribution in [0, 0.1) is 6.92 Å². The van der Waals surface area contributed by atoms with Gasteiger partial charge in [0, 0.05) is 10.6 Å². The third-order valence-corrected chi connectivity index (χ3v) is 5.94. The molecule has 1 amide bonds. The van der Waals surface area contributed by atoms with Crippen LogP contribution in [-0.2, 0) is 11.3 Å². The topological polar surface area (TPSA) is 77.1 Å². The van der Waals surface area contributed by atoms with Crippen LogP contribution in [0.2, 0.25) is 0 Å². The van der Waals surface area contributed by atoms with Gasteiger partial charge in [0.05, 0.1) is 23.9 Å². The van der Waals surface area contributed by atoms with E-state index < -0.39 is 0 Å². The molecule has 1 N–H and O–H groups in total. The number of thiophene rings is 1. The van der Waals surface area contributed by atoms with Crippen LogP contribution >= 0.6 is 23.1 Å². The van der Waals surface area contributed by atoms with Crippen LogP contribution in [0.3, 0.4) is 0 Å². The number of aromatic nitrogens is 2. The van der Waals surface area contributed by atoms with Gasteiger partial charge in [0.15, 0.2) is 5.16 Å². The molecule has 0 unspecified atom stereocenters. The third kappa shape index (κ3) is 4.02. The van der Waals surface area contributed by atoms with Crippen LogP contribution in [0.25, 0.3) is 10.2 Å². The molecule has 28 heavy (non-hydrogen) atoms. The monoisotopic (exact) mass is 411 g/mol. The number of fused-ring (bicyclic) bond motifs is 1. The first-order valence-electron chi connectivity index (χ1n) is 8.61. The van der Waals surface area contributed by atoms with Crippen molar-refractivity contribution >= 4 is 44.9 Å². The number of carbonyl (C=O) groups is 1. The average Bonchev–Trinajstić information content (AvgIpc) is 3.32. The highest BCUT2D eigenvalue weighted by Gasteiger charge is 2.16. The van der Waals surface area contributed by atoms with Crippen molar-refractivity contribution in [3.8, 4) is 0 Å². The minimum atomic E-state index is -0.155. The standard InChI is InChI=1S/C20H17N3O3S2/c1-13-10-16-18(28-13)22-20(23(19(16)25)11-15-8-5-9-26-15)27-12-17(24)21-14-6-3-2-4-7-14/h2-10H,11-12H2,1H3,(H,21,24). The first kappa shape index (κ1) is 18.5. The Kier molecular flexibility index (Phi) is 5.31. The van der Waals surface area contributed by atoms with E-state index in [4.69, 9.17) is 4.42 Å². The van der Waals surface area contributed by atoms with Crippen molar-refractivity contribution in [2.45, 2.75) is 18.6 Å². The number of para-hydroxylation sites is 1. The van der Waals surface area contributed by atoms with Crippen LogP contribution in [0.15, 0.2) is 69.2 Å². The lowest BCUT2D eigenvalue weighted by Crippen LogP contribution is -2.24. The maximum atomic E-state index is 13.0. The van der Waals surface area contributed by atoms with Crippen LogP contribution in [0.4, 0.5) is 5.69 Å². The zero-order chi connectivity index (χ0) is 19.5. The largest absolute Gasteiger partial charge is 0.467 e. The Balaban J connectivity index is 1.61. The predicted molar refractivity (Wildman–Crippen MR) is 112 cm³/mol. The van der Waals surface area contributed by atoms with Gasteiger partial charge in [-0.25, -0.2) is 4.98 Å². The highest BCUT2D eigenvalue weighted by atomic mass is 32.2. The summed E-state index contributed by atoms with van der Waals surface area (Å²) in [5, 5.41) is 3.93. The Labute approximate surface area is 169 Å². The van der Waals surface area contributed by atoms with E-state index in [-0.39, 0.29) is 23.8 Å². The van der Waals surface area contributed by atoms with E-state index >= 15 is 0 Å². The number of nitrogens with one attached hydrogen (secondary N) is 1. The van der Waals surface area contributed by atoms with Crippen LogP contribution in [0.5, 0.6) is 0 Å². The highest BCUT2D eigenvalue weighted by molar-refractivity contribution is 7.99. The molecule has 0 fully saturated rings. The number of anilines is 1. The second-order valence-corrected chi connectivity index (χ2v) is 8.32. The number of nitrogens with zero attached hydrogens (tertiary/aromatic N) is 2. The molecule has 3 heterocycles. The lowest BCUT2D eigenvalue weighted by Gasteiger charge is -2.11. The molecule has 0 aliphatic rings. The summed E-state index contributed by atoms with van der Waals surface area (Å²) in [4.78, 5) is 31.6. The summed E-state index contributed by atoms with van der Waals surface area (Å²) in [5.41, 5.74) is 0.607. The van der Waals surface area contributed by atoms with E-state index in [0.717, 1.165) is 10.6 Å². The number of rotatable bonds is 6. The molecule has 0 saturated carbocycles. The Hall–Kier alpha value is -2.84. The molecule has 142 valence electrons. The van der Waals surface area contributed by atoms with Crippen molar-refractivity contribution in [1.82, 2.24) is 9.55 Å². The molecule has 1 aromatic carbocycles. The van der Waals surface area contributed by atoms with Crippen molar-refractivity contribution in [2.75, 3.05) is 11.1 Å². The van der Waals surface area contributed by atoms with Gasteiger partial charge in [-0.3, -0.25) is 14.2 Å². The molecule has 3 aromatic heterocycles. The summed E-state index contributed by atoms with van der Waals surface area (Å²) in [6, 6.07) is 14.7. The SMILES string of the molecule is Cc1cc2c(=O)n(Cc3ccco3)c(SCC(=O)Nc3ccccc3)nc2s1. The molecular formula is C20H17N3O3S2. The average molecular weight is 412 g/mol. The fraction of sp³-hybridized carbons (Fsp3) is 0.150. The number of amides is 1. The van der Waals surface area contributed by atoms with Gasteiger partial charge < -0.3 is 9.73 Å². The van der Waals surface area contributed by atoms with Crippen molar-refractivity contribution in [3.63, 3.8) is 0 Å². The molecular weight excluding hydrogens is 394 g/mol. The fourth-order valence-electron chi connectivity index (χ4n) is 2.77. The van der Waals surface area contributed by atoms with Gasteiger partial charge in [-0.2, -0.15) is 0 Å². The van der Waals surface area contributed by atoms with E-state index in [9.17, 15) is 9.59 Å². The quantitative estimate of drug-likeness (QED) is 0.381. The molecule has 0 radical (unpaired) electrons. The Morgan fingerprint density at radius 2 is 2.07 bits per heavy atom. The summed E-state index contributed by atoms with van der Waals surface area (Å²) in [6.07, 6.45) is 1.57. The molecule has 0 spiro atoms. The van der Waals surface area contributed by atoms with E-state index in [1.165, 1.54) is 23.1 Å². The van der Waals surface area contributed by atoms with E-state index in [0.29, 0.717) is 21.1 Å². The van der Waals surface area contributed by atoms with E-state index in [1.807, 2.05) is 49.4 Å². The number of aryl methyl sites for hydroxylation is 1. The minimum Gasteiger partial charge on any atom is -0.467 e. The molecule has 0 saturated heterocycles. The molecule has 0 bridgehead atoms. The number of hydrogen-bond acceptors (Lipinski definition) is 6. The van der Waals surface area contributed by atoms with E-state index in [1.54, 1.807) is 16.9 Å². The van der Waals surface area contributed by atoms with Gasteiger partial charge in [0.1, 0.15) is 10.6 Å². The number of benzene rings is 1. The minimum absolute atomic E-state index is 0.128. The van der Waals surface area contributed by atoms with Crippen LogP contribution in [-0.4, -0.2) is 21.2 Å². The van der Waals surface area contributed by atoms with Gasteiger partial charge in [0.2, 0.25) is 5.91 Å². The molecule has 0 atom stereocenters. The number of hydrogen-bond donors (Lipinski definition) is 1. The summed E-state index contributed by atoms with van der Waals surface area (Å²) < 4.78 is 6.96. The molecule has 4 rings (SSSR count). The summed E-state index contributed by atoms with van der Waals surface area (Å²) in [6.45, 7) is 2.22. The van der Waals surface area contributed by atoms with Crippen molar-refractivity contribution < 1.29 is 9.21 Å². The van der Waals surface area contributed by atoms with Gasteiger partial charge in [-0.15, -0.1) is 11.3 Å². The lowest BCUT2D eigenvalue weighted by molar-refractivity contribution is -0.113. The Bertz CT molecular complexity index is 1160. The van der Waals surface area contributed by atoms with E-state index in [2.05, 4.69) is 10.3 Å². The smallest absolute Gasteiger partial charge is 0.263 e. The van der Waals surface area contributed by atoms with Crippen LogP contribution < -0.4 is 10.9 Å². The zero-order valence-electron chi connectivity index (χ0n) is 15.0. The summed E-state index contributed by atoms with van der Waals surface area (Å²) in [5.74, 6) is 0.651. The first-order chi connectivity index (χ1) is 13.6. The second-order valence-electron chi connectivity index (χ2n) is 6.14.